The van der Waals surface area contributed by atoms with Crippen molar-refractivity contribution in [1.29, 1.82) is 0 Å². The van der Waals surface area contributed by atoms with Gasteiger partial charge in [0.2, 0.25) is 17.7 Å². The molecule has 6 heteroatoms. The maximum Gasteiger partial charge on any atom is 0.244 e. The minimum atomic E-state index is -0.848. The molecule has 0 heterocycles. The molecule has 0 aliphatic heterocycles. The molecule has 1 fully saturated rings. The van der Waals surface area contributed by atoms with Gasteiger partial charge in [-0.1, -0.05) is 85.6 Å². The van der Waals surface area contributed by atoms with Crippen LogP contribution in [0.5, 0.6) is 0 Å². The molecule has 0 aromatic heterocycles. The summed E-state index contributed by atoms with van der Waals surface area (Å²) >= 11 is 0. The van der Waals surface area contributed by atoms with Gasteiger partial charge in [-0.25, -0.2) is 0 Å². The second-order valence-corrected chi connectivity index (χ2v) is 9.43. The Kier molecular flexibility index (Phi) is 8.16. The summed E-state index contributed by atoms with van der Waals surface area (Å²) in [5.74, 6) is -0.886. The Labute approximate surface area is 212 Å². The average Bonchev–Trinajstić information content (AvgIpc) is 2.91. The number of amides is 3. The molecule has 6 nitrogen and oxygen atoms in total. The number of hydrogen-bond donors (Lipinski definition) is 2. The molecule has 3 N–H and O–H groups in total. The summed E-state index contributed by atoms with van der Waals surface area (Å²) < 4.78 is 0. The molecule has 36 heavy (non-hydrogen) atoms. The van der Waals surface area contributed by atoms with Gasteiger partial charge in [0, 0.05) is 18.5 Å². The average molecular weight is 484 g/mol. The fourth-order valence-corrected chi connectivity index (χ4v) is 5.10. The predicted molar refractivity (Wildman–Crippen MR) is 141 cm³/mol. The zero-order chi connectivity index (χ0) is 25.5. The summed E-state index contributed by atoms with van der Waals surface area (Å²) in [7, 11) is 0. The fraction of sp³-hybridized carbons (Fsp3) is 0.300. The van der Waals surface area contributed by atoms with E-state index in [1.165, 1.54) is 0 Å². The third-order valence-corrected chi connectivity index (χ3v) is 7.00. The minimum absolute atomic E-state index is 0.0169. The highest BCUT2D eigenvalue weighted by Crippen LogP contribution is 2.38. The zero-order valence-corrected chi connectivity index (χ0v) is 20.6. The number of primary amides is 1. The zero-order valence-electron chi connectivity index (χ0n) is 20.6. The van der Waals surface area contributed by atoms with Gasteiger partial charge in [0.1, 0.15) is 6.04 Å². The number of para-hydroxylation sites is 1. The molecule has 1 aliphatic rings. The summed E-state index contributed by atoms with van der Waals surface area (Å²) in [5.41, 5.74) is 9.30. The standard InChI is InChI=1S/C30H33N3O3/c1-21(34)33(25-12-6-3-7-13-25)20-22-16-18-23(19-17-22)26-14-8-9-15-27(26)30(36)32-28(29(31)35)24-10-4-2-5-11-24/h2-7,10-13,16-19,26-28H,8-9,14-15,20H2,1H3,(H2,31,35)(H,32,36)/t26-,27+,28-/m0/s1. The van der Waals surface area contributed by atoms with E-state index in [-0.39, 0.29) is 23.7 Å². The maximum atomic E-state index is 13.4. The van der Waals surface area contributed by atoms with Crippen LogP contribution in [0.15, 0.2) is 84.9 Å². The first kappa shape index (κ1) is 25.2. The molecule has 3 aromatic rings. The van der Waals surface area contributed by atoms with Crippen molar-refractivity contribution in [1.82, 2.24) is 5.32 Å². The fourth-order valence-electron chi connectivity index (χ4n) is 5.10. The number of benzene rings is 3. The van der Waals surface area contributed by atoms with Gasteiger partial charge in [-0.05, 0) is 47.6 Å². The first-order chi connectivity index (χ1) is 17.4. The molecule has 0 saturated heterocycles. The van der Waals surface area contributed by atoms with Crippen LogP contribution in [-0.2, 0) is 20.9 Å². The summed E-state index contributed by atoms with van der Waals surface area (Å²) in [4.78, 5) is 39.5. The van der Waals surface area contributed by atoms with Crippen molar-refractivity contribution >= 4 is 23.4 Å². The van der Waals surface area contributed by atoms with Crippen LogP contribution < -0.4 is 16.0 Å². The van der Waals surface area contributed by atoms with Gasteiger partial charge < -0.3 is 16.0 Å². The second kappa shape index (κ2) is 11.7. The SMILES string of the molecule is CC(=O)N(Cc1ccc([C@@H]2CCCC[C@H]2C(=O)N[C@H](C(N)=O)c2ccccc2)cc1)c1ccccc1. The van der Waals surface area contributed by atoms with Crippen LogP contribution in [0.25, 0.3) is 0 Å². The van der Waals surface area contributed by atoms with Crippen LogP contribution in [0, 0.1) is 5.92 Å². The number of carbonyl (C=O) groups is 3. The predicted octanol–water partition coefficient (Wildman–Crippen LogP) is 4.86. The van der Waals surface area contributed by atoms with E-state index in [1.807, 2.05) is 60.7 Å². The summed E-state index contributed by atoms with van der Waals surface area (Å²) in [6.45, 7) is 2.05. The van der Waals surface area contributed by atoms with Crippen molar-refractivity contribution in [2.24, 2.45) is 11.7 Å². The Morgan fingerprint density at radius 1 is 0.889 bits per heavy atom. The highest BCUT2D eigenvalue weighted by molar-refractivity contribution is 5.91. The number of anilines is 1. The number of rotatable bonds is 8. The molecule has 0 radical (unpaired) electrons. The van der Waals surface area contributed by atoms with E-state index in [2.05, 4.69) is 17.4 Å². The molecule has 3 aromatic carbocycles. The molecule has 186 valence electrons. The monoisotopic (exact) mass is 483 g/mol. The lowest BCUT2D eigenvalue weighted by Crippen LogP contribution is -2.42. The summed E-state index contributed by atoms with van der Waals surface area (Å²) in [5, 5.41) is 2.91. The summed E-state index contributed by atoms with van der Waals surface area (Å²) in [6.07, 6.45) is 3.71. The number of hydrogen-bond acceptors (Lipinski definition) is 3. The molecule has 0 unspecified atom stereocenters. The Morgan fingerprint density at radius 2 is 1.50 bits per heavy atom. The highest BCUT2D eigenvalue weighted by Gasteiger charge is 2.34. The third-order valence-electron chi connectivity index (χ3n) is 7.00. The Bertz CT molecular complexity index is 1180. The van der Waals surface area contributed by atoms with Crippen molar-refractivity contribution in [3.8, 4) is 0 Å². The van der Waals surface area contributed by atoms with E-state index in [0.29, 0.717) is 12.1 Å². The molecule has 1 aliphatic carbocycles. The minimum Gasteiger partial charge on any atom is -0.368 e. The van der Waals surface area contributed by atoms with Crippen LogP contribution >= 0.6 is 0 Å². The first-order valence-electron chi connectivity index (χ1n) is 12.5. The normalized spacial score (nSPS) is 18.1. The lowest BCUT2D eigenvalue weighted by molar-refractivity contribution is -0.131. The number of nitrogens with one attached hydrogen (secondary N) is 1. The highest BCUT2D eigenvalue weighted by atomic mass is 16.2. The third kappa shape index (κ3) is 6.00. The lowest BCUT2D eigenvalue weighted by atomic mass is 9.74. The molecule has 3 atom stereocenters. The second-order valence-electron chi connectivity index (χ2n) is 9.43. The van der Waals surface area contributed by atoms with Crippen molar-refractivity contribution in [3.05, 3.63) is 102 Å². The molecule has 1 saturated carbocycles. The van der Waals surface area contributed by atoms with Crippen LogP contribution in [0.2, 0.25) is 0 Å². The van der Waals surface area contributed by atoms with E-state index in [4.69, 9.17) is 5.73 Å². The van der Waals surface area contributed by atoms with E-state index >= 15 is 0 Å². The Morgan fingerprint density at radius 3 is 2.11 bits per heavy atom. The molecular weight excluding hydrogens is 450 g/mol. The van der Waals surface area contributed by atoms with Gasteiger partial charge in [0.25, 0.3) is 0 Å². The van der Waals surface area contributed by atoms with Crippen LogP contribution in [0.3, 0.4) is 0 Å². The van der Waals surface area contributed by atoms with Gasteiger partial charge >= 0.3 is 0 Å². The van der Waals surface area contributed by atoms with E-state index in [9.17, 15) is 14.4 Å². The van der Waals surface area contributed by atoms with E-state index in [0.717, 1.165) is 42.5 Å². The van der Waals surface area contributed by atoms with E-state index in [1.54, 1.807) is 24.0 Å². The Hall–Kier alpha value is -3.93. The van der Waals surface area contributed by atoms with Gasteiger partial charge in [-0.3, -0.25) is 14.4 Å². The van der Waals surface area contributed by atoms with Gasteiger partial charge in [0.05, 0.1) is 6.54 Å². The summed E-state index contributed by atoms with van der Waals surface area (Å²) in [6, 6.07) is 26.1. The molecule has 0 bridgehead atoms. The molecule has 4 rings (SSSR count). The largest absolute Gasteiger partial charge is 0.368 e. The Balaban J connectivity index is 1.49. The van der Waals surface area contributed by atoms with Crippen molar-refractivity contribution in [2.75, 3.05) is 4.90 Å². The number of carbonyl (C=O) groups excluding carboxylic acids is 3. The topological polar surface area (TPSA) is 92.5 Å². The molecular formula is C30H33N3O3. The molecule has 0 spiro atoms. The van der Waals surface area contributed by atoms with Crippen LogP contribution in [-0.4, -0.2) is 17.7 Å². The quantitative estimate of drug-likeness (QED) is 0.479. The van der Waals surface area contributed by atoms with Crippen molar-refractivity contribution < 1.29 is 14.4 Å². The van der Waals surface area contributed by atoms with Gasteiger partial charge in [-0.15, -0.1) is 0 Å². The number of nitrogens with zero attached hydrogens (tertiary/aromatic N) is 1. The maximum absolute atomic E-state index is 13.4. The smallest absolute Gasteiger partial charge is 0.244 e. The van der Waals surface area contributed by atoms with Gasteiger partial charge in [0.15, 0.2) is 0 Å². The van der Waals surface area contributed by atoms with E-state index < -0.39 is 11.9 Å². The first-order valence-corrected chi connectivity index (χ1v) is 12.5. The van der Waals surface area contributed by atoms with Crippen molar-refractivity contribution in [2.45, 2.75) is 51.1 Å². The number of nitrogens with two attached hydrogens (primary N) is 1. The van der Waals surface area contributed by atoms with Crippen LogP contribution in [0.4, 0.5) is 5.69 Å². The lowest BCUT2D eigenvalue weighted by Gasteiger charge is -2.32. The van der Waals surface area contributed by atoms with Crippen molar-refractivity contribution in [3.63, 3.8) is 0 Å². The van der Waals surface area contributed by atoms with Gasteiger partial charge in [-0.2, -0.15) is 0 Å². The molecule has 3 amide bonds. The van der Waals surface area contributed by atoms with Crippen LogP contribution in [0.1, 0.15) is 61.3 Å².